The van der Waals surface area contributed by atoms with Crippen LogP contribution in [0.2, 0.25) is 0 Å². The molecule has 0 bridgehead atoms. The minimum Gasteiger partial charge on any atom is -0.430 e. The van der Waals surface area contributed by atoms with Gasteiger partial charge in [0.2, 0.25) is 0 Å². The van der Waals surface area contributed by atoms with E-state index in [4.69, 9.17) is 0 Å². The summed E-state index contributed by atoms with van der Waals surface area (Å²) in [5.41, 5.74) is 0. The molecule has 2 rings (SSSR count). The Labute approximate surface area is 87.4 Å². The molecule has 0 spiro atoms. The standard InChI is InChI=1S/C5H8O3.C4H6O3/c1-3-4(2)8-5(6)7-3;1-3-2-6-4(5)7-3/h3-4H,1-2H3;3H,2H2,1H3. The Morgan fingerprint density at radius 3 is 1.60 bits per heavy atom. The molecule has 0 aromatic rings. The fraction of sp³-hybridized carbons (Fsp3) is 0.778. The summed E-state index contributed by atoms with van der Waals surface area (Å²) in [5.74, 6) is 0. The summed E-state index contributed by atoms with van der Waals surface area (Å²) in [6.07, 6.45) is -1.31. The Balaban J connectivity index is 0.000000151. The lowest BCUT2D eigenvalue weighted by molar-refractivity contribution is 0.118. The second-order valence-corrected chi connectivity index (χ2v) is 3.39. The number of carbonyl (C=O) groups excluding carboxylic acids is 2. The van der Waals surface area contributed by atoms with Crippen molar-refractivity contribution in [3.05, 3.63) is 0 Å². The van der Waals surface area contributed by atoms with E-state index in [-0.39, 0.29) is 18.3 Å². The third kappa shape index (κ3) is 3.65. The molecule has 6 nitrogen and oxygen atoms in total. The summed E-state index contributed by atoms with van der Waals surface area (Å²) in [6.45, 7) is 5.79. The van der Waals surface area contributed by atoms with Crippen LogP contribution in [0.1, 0.15) is 20.8 Å². The maximum absolute atomic E-state index is 10.2. The van der Waals surface area contributed by atoms with E-state index in [0.29, 0.717) is 6.61 Å². The number of carbonyl (C=O) groups is 2. The summed E-state index contributed by atoms with van der Waals surface area (Å²) < 4.78 is 18.1. The van der Waals surface area contributed by atoms with Gasteiger partial charge >= 0.3 is 12.3 Å². The van der Waals surface area contributed by atoms with Crippen LogP contribution in [-0.2, 0) is 18.9 Å². The smallest absolute Gasteiger partial charge is 0.430 e. The molecular formula is C9H14O6. The molecule has 0 amide bonds. The predicted molar refractivity (Wildman–Crippen MR) is 48.4 cm³/mol. The average molecular weight is 218 g/mol. The summed E-state index contributed by atoms with van der Waals surface area (Å²) >= 11 is 0. The summed E-state index contributed by atoms with van der Waals surface area (Å²) in [6, 6.07) is 0. The summed E-state index contributed by atoms with van der Waals surface area (Å²) in [4.78, 5) is 20.2. The first-order valence-corrected chi connectivity index (χ1v) is 4.69. The molecule has 0 aliphatic carbocycles. The van der Waals surface area contributed by atoms with Gasteiger partial charge in [-0.2, -0.15) is 0 Å². The van der Waals surface area contributed by atoms with Gasteiger partial charge in [-0.3, -0.25) is 0 Å². The highest BCUT2D eigenvalue weighted by molar-refractivity contribution is 5.62. The van der Waals surface area contributed by atoms with Crippen LogP contribution in [0.5, 0.6) is 0 Å². The van der Waals surface area contributed by atoms with Crippen molar-refractivity contribution in [3.63, 3.8) is 0 Å². The molecule has 2 aliphatic heterocycles. The highest BCUT2D eigenvalue weighted by Gasteiger charge is 2.28. The quantitative estimate of drug-likeness (QED) is 0.573. The second-order valence-electron chi connectivity index (χ2n) is 3.39. The largest absolute Gasteiger partial charge is 0.509 e. The third-order valence-electron chi connectivity index (χ3n) is 1.96. The maximum atomic E-state index is 10.2. The molecule has 3 atom stereocenters. The predicted octanol–water partition coefficient (Wildman–Crippen LogP) is 1.47. The van der Waals surface area contributed by atoms with Crippen molar-refractivity contribution in [1.29, 1.82) is 0 Å². The molecule has 2 saturated heterocycles. The molecule has 0 aromatic carbocycles. The highest BCUT2D eigenvalue weighted by Crippen LogP contribution is 2.12. The van der Waals surface area contributed by atoms with E-state index < -0.39 is 12.3 Å². The first-order chi connectivity index (χ1) is 6.99. The van der Waals surface area contributed by atoms with Crippen molar-refractivity contribution < 1.29 is 28.5 Å². The molecular weight excluding hydrogens is 204 g/mol. The van der Waals surface area contributed by atoms with Crippen LogP contribution in [-0.4, -0.2) is 37.2 Å². The van der Waals surface area contributed by atoms with Crippen molar-refractivity contribution >= 4 is 12.3 Å². The number of cyclic esters (lactones) is 4. The monoisotopic (exact) mass is 218 g/mol. The molecule has 6 heteroatoms. The molecule has 0 aromatic heterocycles. The molecule has 2 aliphatic rings. The number of rotatable bonds is 0. The zero-order valence-corrected chi connectivity index (χ0v) is 8.89. The Kier molecular flexibility index (Phi) is 3.76. The first kappa shape index (κ1) is 11.6. The van der Waals surface area contributed by atoms with Gasteiger partial charge in [-0.05, 0) is 20.8 Å². The lowest BCUT2D eigenvalue weighted by Crippen LogP contribution is -2.13. The van der Waals surface area contributed by atoms with Crippen molar-refractivity contribution in [2.75, 3.05) is 6.61 Å². The maximum Gasteiger partial charge on any atom is 0.509 e. The lowest BCUT2D eigenvalue weighted by atomic mass is 10.3. The minimum atomic E-state index is -0.551. The number of ether oxygens (including phenoxy) is 4. The van der Waals surface area contributed by atoms with Gasteiger partial charge in [-0.25, -0.2) is 9.59 Å². The first-order valence-electron chi connectivity index (χ1n) is 4.69. The molecule has 0 N–H and O–H groups in total. The minimum absolute atomic E-state index is 0.0486. The topological polar surface area (TPSA) is 71.1 Å². The van der Waals surface area contributed by atoms with Gasteiger partial charge < -0.3 is 18.9 Å². The number of hydrogen-bond acceptors (Lipinski definition) is 6. The normalized spacial score (nSPS) is 33.1. The van der Waals surface area contributed by atoms with Crippen LogP contribution in [0, 0.1) is 0 Å². The van der Waals surface area contributed by atoms with Gasteiger partial charge in [-0.15, -0.1) is 0 Å². The third-order valence-corrected chi connectivity index (χ3v) is 1.96. The van der Waals surface area contributed by atoms with E-state index in [9.17, 15) is 9.59 Å². The van der Waals surface area contributed by atoms with Gasteiger partial charge in [0.05, 0.1) is 0 Å². The lowest BCUT2D eigenvalue weighted by Gasteiger charge is -2.00. The Hall–Kier alpha value is -1.46. The average Bonchev–Trinajstić information content (AvgIpc) is 2.61. The highest BCUT2D eigenvalue weighted by atomic mass is 16.8. The summed E-state index contributed by atoms with van der Waals surface area (Å²) in [5, 5.41) is 0. The van der Waals surface area contributed by atoms with E-state index >= 15 is 0 Å². The van der Waals surface area contributed by atoms with Crippen molar-refractivity contribution in [3.8, 4) is 0 Å². The van der Waals surface area contributed by atoms with Gasteiger partial charge in [0, 0.05) is 0 Å². The van der Waals surface area contributed by atoms with Crippen LogP contribution in [0.4, 0.5) is 9.59 Å². The van der Waals surface area contributed by atoms with Crippen molar-refractivity contribution in [2.24, 2.45) is 0 Å². The fourth-order valence-corrected chi connectivity index (χ4v) is 0.941. The van der Waals surface area contributed by atoms with Gasteiger partial charge in [0.15, 0.2) is 0 Å². The van der Waals surface area contributed by atoms with Crippen molar-refractivity contribution in [1.82, 2.24) is 0 Å². The SMILES string of the molecule is CC1COC(=O)O1.CC1OC(=O)OC1C. The van der Waals surface area contributed by atoms with Crippen LogP contribution in [0.25, 0.3) is 0 Å². The van der Waals surface area contributed by atoms with E-state index in [0.717, 1.165) is 0 Å². The van der Waals surface area contributed by atoms with Crippen LogP contribution in [0.15, 0.2) is 0 Å². The van der Waals surface area contributed by atoms with E-state index in [2.05, 4.69) is 18.9 Å². The zero-order chi connectivity index (χ0) is 11.4. The van der Waals surface area contributed by atoms with E-state index in [1.54, 1.807) is 20.8 Å². The van der Waals surface area contributed by atoms with Crippen LogP contribution in [0.3, 0.4) is 0 Å². The second kappa shape index (κ2) is 4.86. The number of hydrogen-bond donors (Lipinski definition) is 0. The van der Waals surface area contributed by atoms with Crippen LogP contribution >= 0.6 is 0 Å². The molecule has 0 radical (unpaired) electrons. The summed E-state index contributed by atoms with van der Waals surface area (Å²) in [7, 11) is 0. The van der Waals surface area contributed by atoms with Crippen LogP contribution < -0.4 is 0 Å². The molecule has 86 valence electrons. The van der Waals surface area contributed by atoms with Crippen molar-refractivity contribution in [2.45, 2.75) is 39.1 Å². The van der Waals surface area contributed by atoms with Gasteiger partial charge in [0.25, 0.3) is 0 Å². The molecule has 2 fully saturated rings. The molecule has 3 unspecified atom stereocenters. The molecule has 2 heterocycles. The Bertz CT molecular complexity index is 239. The van der Waals surface area contributed by atoms with E-state index in [1.165, 1.54) is 0 Å². The van der Waals surface area contributed by atoms with Gasteiger partial charge in [0.1, 0.15) is 24.9 Å². The molecule has 0 saturated carbocycles. The van der Waals surface area contributed by atoms with E-state index in [1.807, 2.05) is 0 Å². The zero-order valence-electron chi connectivity index (χ0n) is 8.89. The fourth-order valence-electron chi connectivity index (χ4n) is 0.941. The Morgan fingerprint density at radius 1 is 0.933 bits per heavy atom. The molecule has 15 heavy (non-hydrogen) atoms. The van der Waals surface area contributed by atoms with Gasteiger partial charge in [-0.1, -0.05) is 0 Å². The Morgan fingerprint density at radius 2 is 1.47 bits per heavy atom.